The van der Waals surface area contributed by atoms with Crippen LogP contribution in [0.15, 0.2) is 17.5 Å². The van der Waals surface area contributed by atoms with Crippen LogP contribution in [-0.2, 0) is 16.1 Å². The van der Waals surface area contributed by atoms with Gasteiger partial charge in [-0.05, 0) is 24.3 Å². The molecule has 92 valence electrons. The first-order valence-electron chi connectivity index (χ1n) is 5.59. The summed E-state index contributed by atoms with van der Waals surface area (Å²) in [7, 11) is 1.74. The Balaban J connectivity index is 1.93. The first kappa shape index (κ1) is 12.1. The Morgan fingerprint density at radius 2 is 2.18 bits per heavy atom. The predicted octanol–water partition coefficient (Wildman–Crippen LogP) is 1.82. The Morgan fingerprint density at radius 1 is 1.47 bits per heavy atom. The van der Waals surface area contributed by atoms with Crippen molar-refractivity contribution in [3.05, 3.63) is 22.4 Å². The van der Waals surface area contributed by atoms with Crippen LogP contribution in [-0.4, -0.2) is 28.9 Å². The van der Waals surface area contributed by atoms with Crippen molar-refractivity contribution in [1.29, 1.82) is 0 Å². The average Bonchev–Trinajstić information content (AvgIpc) is 2.67. The minimum atomic E-state index is -0.848. The number of hydrogen-bond donors (Lipinski definition) is 1. The zero-order valence-corrected chi connectivity index (χ0v) is 10.4. The lowest BCUT2D eigenvalue weighted by atomic mass is 9.73. The molecule has 0 bridgehead atoms. The molecule has 1 heterocycles. The number of aliphatic carboxylic acids is 1. The fraction of sp³-hybridized carbons (Fsp3) is 0.500. The van der Waals surface area contributed by atoms with E-state index in [1.54, 1.807) is 23.3 Å². The first-order valence-corrected chi connectivity index (χ1v) is 6.47. The fourth-order valence-electron chi connectivity index (χ4n) is 2.09. The van der Waals surface area contributed by atoms with Gasteiger partial charge in [0, 0.05) is 11.9 Å². The van der Waals surface area contributed by atoms with E-state index in [0.29, 0.717) is 19.4 Å². The predicted molar refractivity (Wildman–Crippen MR) is 64.6 cm³/mol. The molecule has 1 aromatic rings. The van der Waals surface area contributed by atoms with Crippen LogP contribution in [0.3, 0.4) is 0 Å². The molecule has 5 heteroatoms. The molecule has 1 N–H and O–H groups in total. The smallest absolute Gasteiger partial charge is 0.307 e. The third-order valence-electron chi connectivity index (χ3n) is 3.26. The van der Waals surface area contributed by atoms with Gasteiger partial charge in [-0.15, -0.1) is 11.3 Å². The second-order valence-corrected chi connectivity index (χ2v) is 5.43. The molecular weight excluding hydrogens is 238 g/mol. The van der Waals surface area contributed by atoms with Gasteiger partial charge < -0.3 is 10.0 Å². The van der Waals surface area contributed by atoms with Gasteiger partial charge in [-0.3, -0.25) is 9.59 Å². The number of rotatable bonds is 4. The summed E-state index contributed by atoms with van der Waals surface area (Å²) in [6.07, 6.45) is 1.32. The fourth-order valence-corrected chi connectivity index (χ4v) is 2.85. The van der Waals surface area contributed by atoms with E-state index in [0.717, 1.165) is 4.88 Å². The first-order chi connectivity index (χ1) is 8.09. The van der Waals surface area contributed by atoms with Crippen LogP contribution < -0.4 is 0 Å². The monoisotopic (exact) mass is 253 g/mol. The van der Waals surface area contributed by atoms with Gasteiger partial charge in [0.25, 0.3) is 0 Å². The highest BCUT2D eigenvalue weighted by atomic mass is 32.1. The summed E-state index contributed by atoms with van der Waals surface area (Å²) in [5.41, 5.74) is 0. The van der Waals surface area contributed by atoms with Gasteiger partial charge in [0.15, 0.2) is 0 Å². The van der Waals surface area contributed by atoms with Crippen molar-refractivity contribution in [2.45, 2.75) is 19.4 Å². The third kappa shape index (κ3) is 2.49. The highest BCUT2D eigenvalue weighted by Gasteiger charge is 2.42. The molecule has 0 radical (unpaired) electrons. The van der Waals surface area contributed by atoms with Gasteiger partial charge in [-0.25, -0.2) is 0 Å². The summed E-state index contributed by atoms with van der Waals surface area (Å²) in [6, 6.07) is 3.92. The summed E-state index contributed by atoms with van der Waals surface area (Å²) in [5, 5.41) is 10.9. The Morgan fingerprint density at radius 3 is 2.65 bits per heavy atom. The Labute approximate surface area is 104 Å². The lowest BCUT2D eigenvalue weighted by Gasteiger charge is -2.34. The molecule has 0 saturated heterocycles. The van der Waals surface area contributed by atoms with E-state index in [9.17, 15) is 9.59 Å². The second-order valence-electron chi connectivity index (χ2n) is 4.40. The van der Waals surface area contributed by atoms with Crippen LogP contribution >= 0.6 is 11.3 Å². The summed E-state index contributed by atoms with van der Waals surface area (Å²) in [4.78, 5) is 25.6. The van der Waals surface area contributed by atoms with Gasteiger partial charge in [0.1, 0.15) is 0 Å². The van der Waals surface area contributed by atoms with Crippen LogP contribution in [0.1, 0.15) is 17.7 Å². The molecular formula is C12H15NO3S. The maximum atomic E-state index is 12.0. The Bertz CT molecular complexity index is 415. The summed E-state index contributed by atoms with van der Waals surface area (Å²) < 4.78 is 0. The SMILES string of the molecule is CN(Cc1cccs1)C(=O)C1CCC1C(=O)O. The van der Waals surface area contributed by atoms with Gasteiger partial charge in [-0.2, -0.15) is 0 Å². The van der Waals surface area contributed by atoms with E-state index >= 15 is 0 Å². The number of thiophene rings is 1. The number of carbonyl (C=O) groups is 2. The van der Waals surface area contributed by atoms with Crippen molar-refractivity contribution in [3.8, 4) is 0 Å². The molecule has 2 atom stereocenters. The molecule has 1 fully saturated rings. The lowest BCUT2D eigenvalue weighted by Crippen LogP contribution is -2.44. The average molecular weight is 253 g/mol. The standard InChI is InChI=1S/C12H15NO3S/c1-13(7-8-3-2-6-17-8)11(14)9-4-5-10(9)12(15)16/h2-3,6,9-10H,4-5,7H2,1H3,(H,15,16). The highest BCUT2D eigenvalue weighted by molar-refractivity contribution is 7.09. The van der Waals surface area contributed by atoms with Crippen molar-refractivity contribution in [2.75, 3.05) is 7.05 Å². The lowest BCUT2D eigenvalue weighted by molar-refractivity contribution is -0.156. The maximum absolute atomic E-state index is 12.0. The highest BCUT2D eigenvalue weighted by Crippen LogP contribution is 2.35. The zero-order valence-electron chi connectivity index (χ0n) is 9.63. The van der Waals surface area contributed by atoms with Crippen LogP contribution in [0, 0.1) is 11.8 Å². The summed E-state index contributed by atoms with van der Waals surface area (Å²) in [6.45, 7) is 0.569. The van der Waals surface area contributed by atoms with E-state index in [1.807, 2.05) is 17.5 Å². The Hall–Kier alpha value is -1.36. The molecule has 2 rings (SSSR count). The largest absolute Gasteiger partial charge is 0.481 e. The minimum Gasteiger partial charge on any atom is -0.481 e. The molecule has 1 aliphatic rings. The molecule has 1 aliphatic carbocycles. The topological polar surface area (TPSA) is 57.6 Å². The van der Waals surface area contributed by atoms with Crippen molar-refractivity contribution in [3.63, 3.8) is 0 Å². The molecule has 2 unspecified atom stereocenters. The van der Waals surface area contributed by atoms with E-state index in [4.69, 9.17) is 5.11 Å². The number of amides is 1. The van der Waals surface area contributed by atoms with Crippen molar-refractivity contribution >= 4 is 23.2 Å². The third-order valence-corrected chi connectivity index (χ3v) is 4.12. The van der Waals surface area contributed by atoms with E-state index in [1.165, 1.54) is 0 Å². The van der Waals surface area contributed by atoms with Crippen LogP contribution in [0.2, 0.25) is 0 Å². The van der Waals surface area contributed by atoms with Gasteiger partial charge in [-0.1, -0.05) is 6.07 Å². The number of hydrogen-bond acceptors (Lipinski definition) is 3. The maximum Gasteiger partial charge on any atom is 0.307 e. The van der Waals surface area contributed by atoms with Crippen LogP contribution in [0.5, 0.6) is 0 Å². The minimum absolute atomic E-state index is 0.0444. The zero-order chi connectivity index (χ0) is 12.4. The second kappa shape index (κ2) is 4.87. The van der Waals surface area contributed by atoms with Gasteiger partial charge in [0.2, 0.25) is 5.91 Å². The molecule has 0 aliphatic heterocycles. The number of carbonyl (C=O) groups excluding carboxylic acids is 1. The molecule has 0 aromatic carbocycles. The molecule has 4 nitrogen and oxygen atoms in total. The normalized spacial score (nSPS) is 22.9. The Kier molecular flexibility index (Phi) is 3.47. The molecule has 0 spiro atoms. The number of nitrogens with zero attached hydrogens (tertiary/aromatic N) is 1. The van der Waals surface area contributed by atoms with Crippen molar-refractivity contribution < 1.29 is 14.7 Å². The van der Waals surface area contributed by atoms with Gasteiger partial charge in [0.05, 0.1) is 18.4 Å². The summed E-state index contributed by atoms with van der Waals surface area (Å²) in [5.74, 6) is -1.69. The van der Waals surface area contributed by atoms with Crippen molar-refractivity contribution in [2.24, 2.45) is 11.8 Å². The molecule has 1 amide bonds. The van der Waals surface area contributed by atoms with Crippen LogP contribution in [0.25, 0.3) is 0 Å². The number of carboxylic acid groups (broad SMARTS) is 1. The van der Waals surface area contributed by atoms with Crippen molar-refractivity contribution in [1.82, 2.24) is 4.90 Å². The molecule has 17 heavy (non-hydrogen) atoms. The molecule has 1 saturated carbocycles. The summed E-state index contributed by atoms with van der Waals surface area (Å²) >= 11 is 1.60. The van der Waals surface area contributed by atoms with E-state index in [-0.39, 0.29) is 11.8 Å². The quantitative estimate of drug-likeness (QED) is 0.890. The number of carboxylic acids is 1. The van der Waals surface area contributed by atoms with E-state index in [2.05, 4.69) is 0 Å². The van der Waals surface area contributed by atoms with Gasteiger partial charge >= 0.3 is 5.97 Å². The van der Waals surface area contributed by atoms with Crippen LogP contribution in [0.4, 0.5) is 0 Å². The molecule has 1 aromatic heterocycles. The van der Waals surface area contributed by atoms with E-state index < -0.39 is 11.9 Å².